The van der Waals surface area contributed by atoms with E-state index < -0.39 is 0 Å². The Morgan fingerprint density at radius 1 is 1.22 bits per heavy atom. The molecule has 1 fully saturated rings. The molecule has 0 unspecified atom stereocenters. The molecular formula is C14H26N4. The highest BCUT2D eigenvalue weighted by Gasteiger charge is 2.16. The fourth-order valence-electron chi connectivity index (χ4n) is 2.74. The van der Waals surface area contributed by atoms with Gasteiger partial charge in [-0.15, -0.1) is 0 Å². The smallest absolute Gasteiger partial charge is 0.0641 e. The third-order valence-electron chi connectivity index (χ3n) is 4.23. The van der Waals surface area contributed by atoms with Crippen LogP contribution in [0.2, 0.25) is 0 Å². The topological polar surface area (TPSA) is 33.1 Å². The van der Waals surface area contributed by atoms with E-state index in [4.69, 9.17) is 0 Å². The molecule has 0 aliphatic carbocycles. The van der Waals surface area contributed by atoms with E-state index in [2.05, 4.69) is 36.2 Å². The Balaban J connectivity index is 1.78. The van der Waals surface area contributed by atoms with Crippen LogP contribution in [-0.2, 0) is 13.6 Å². The normalized spacial score (nSPS) is 18.4. The molecule has 0 aromatic carbocycles. The molecule has 4 nitrogen and oxygen atoms in total. The molecule has 1 aromatic heterocycles. The first-order chi connectivity index (χ1) is 8.58. The summed E-state index contributed by atoms with van der Waals surface area (Å²) < 4.78 is 1.97. The van der Waals surface area contributed by atoms with E-state index >= 15 is 0 Å². The Morgan fingerprint density at radius 3 is 2.44 bits per heavy atom. The predicted octanol–water partition coefficient (Wildman–Crippen LogP) is 1.47. The van der Waals surface area contributed by atoms with Gasteiger partial charge in [0.1, 0.15) is 0 Å². The second kappa shape index (κ2) is 5.85. The maximum Gasteiger partial charge on any atom is 0.0641 e. The fourth-order valence-corrected chi connectivity index (χ4v) is 2.74. The van der Waals surface area contributed by atoms with Crippen LogP contribution >= 0.6 is 0 Å². The first-order valence-electron chi connectivity index (χ1n) is 6.96. The van der Waals surface area contributed by atoms with E-state index in [1.807, 2.05) is 11.7 Å². The molecular weight excluding hydrogens is 224 g/mol. The first-order valence-corrected chi connectivity index (χ1v) is 6.96. The molecule has 1 aliphatic heterocycles. The molecule has 1 N–H and O–H groups in total. The van der Waals surface area contributed by atoms with Gasteiger partial charge in [0.25, 0.3) is 0 Å². The summed E-state index contributed by atoms with van der Waals surface area (Å²) in [5.41, 5.74) is 3.81. The van der Waals surface area contributed by atoms with Gasteiger partial charge < -0.3 is 10.2 Å². The molecule has 2 rings (SSSR count). The average molecular weight is 250 g/mol. The van der Waals surface area contributed by atoms with Crippen molar-refractivity contribution < 1.29 is 0 Å². The Morgan fingerprint density at radius 2 is 1.89 bits per heavy atom. The Labute approximate surface area is 110 Å². The van der Waals surface area contributed by atoms with E-state index in [0.29, 0.717) is 0 Å². The molecule has 4 heteroatoms. The third kappa shape index (κ3) is 3.12. The van der Waals surface area contributed by atoms with E-state index in [-0.39, 0.29) is 0 Å². The number of hydrogen-bond acceptors (Lipinski definition) is 3. The Bertz CT molecular complexity index is 389. The minimum atomic E-state index is 0.846. The van der Waals surface area contributed by atoms with Crippen molar-refractivity contribution in [2.45, 2.75) is 33.2 Å². The molecule has 1 saturated heterocycles. The van der Waals surface area contributed by atoms with Crippen LogP contribution in [0.3, 0.4) is 0 Å². The largest absolute Gasteiger partial charge is 0.312 e. The predicted molar refractivity (Wildman–Crippen MR) is 74.6 cm³/mol. The standard InChI is InChI=1S/C14H26N4/c1-11-14(12(2)18(4)16-11)10-15-9-13-5-7-17(3)8-6-13/h13,15H,5-10H2,1-4H3. The van der Waals surface area contributed by atoms with Crippen LogP contribution in [0.4, 0.5) is 0 Å². The summed E-state index contributed by atoms with van der Waals surface area (Å²) in [5.74, 6) is 0.846. The lowest BCUT2D eigenvalue weighted by atomic mass is 9.97. The van der Waals surface area contributed by atoms with Gasteiger partial charge in [-0.25, -0.2) is 0 Å². The van der Waals surface area contributed by atoms with Crippen LogP contribution in [0.1, 0.15) is 29.8 Å². The lowest BCUT2D eigenvalue weighted by molar-refractivity contribution is 0.216. The van der Waals surface area contributed by atoms with Gasteiger partial charge in [-0.05, 0) is 59.3 Å². The van der Waals surface area contributed by atoms with Crippen molar-refractivity contribution >= 4 is 0 Å². The number of aromatic nitrogens is 2. The third-order valence-corrected chi connectivity index (χ3v) is 4.23. The number of likely N-dealkylation sites (tertiary alicyclic amines) is 1. The van der Waals surface area contributed by atoms with Crippen LogP contribution in [0.5, 0.6) is 0 Å². The average Bonchev–Trinajstić information content (AvgIpc) is 2.58. The van der Waals surface area contributed by atoms with Crippen LogP contribution in [0.25, 0.3) is 0 Å². The van der Waals surface area contributed by atoms with Gasteiger partial charge in [0.15, 0.2) is 0 Å². The van der Waals surface area contributed by atoms with Gasteiger partial charge >= 0.3 is 0 Å². The van der Waals surface area contributed by atoms with Crippen LogP contribution in [0, 0.1) is 19.8 Å². The van der Waals surface area contributed by atoms with E-state index in [0.717, 1.165) is 24.7 Å². The highest BCUT2D eigenvalue weighted by Crippen LogP contribution is 2.16. The number of nitrogens with zero attached hydrogens (tertiary/aromatic N) is 3. The monoisotopic (exact) mass is 250 g/mol. The second-order valence-corrected chi connectivity index (χ2v) is 5.65. The maximum atomic E-state index is 4.46. The fraction of sp³-hybridized carbons (Fsp3) is 0.786. The van der Waals surface area contributed by atoms with Crippen molar-refractivity contribution in [3.8, 4) is 0 Å². The summed E-state index contributed by atoms with van der Waals surface area (Å²) in [6.45, 7) is 8.83. The minimum absolute atomic E-state index is 0.846. The highest BCUT2D eigenvalue weighted by atomic mass is 15.3. The summed E-state index contributed by atoms with van der Waals surface area (Å²) in [7, 11) is 4.23. The number of hydrogen-bond donors (Lipinski definition) is 1. The van der Waals surface area contributed by atoms with Crippen molar-refractivity contribution in [2.24, 2.45) is 13.0 Å². The zero-order valence-electron chi connectivity index (χ0n) is 12.2. The van der Waals surface area contributed by atoms with Gasteiger partial charge in [-0.3, -0.25) is 4.68 Å². The molecule has 102 valence electrons. The van der Waals surface area contributed by atoms with Gasteiger partial charge in [0.2, 0.25) is 0 Å². The lowest BCUT2D eigenvalue weighted by Crippen LogP contribution is -2.34. The molecule has 18 heavy (non-hydrogen) atoms. The van der Waals surface area contributed by atoms with Crippen molar-refractivity contribution in [1.82, 2.24) is 20.0 Å². The zero-order valence-corrected chi connectivity index (χ0v) is 12.2. The Hall–Kier alpha value is -0.870. The maximum absolute atomic E-state index is 4.46. The highest BCUT2D eigenvalue weighted by molar-refractivity contribution is 5.23. The van der Waals surface area contributed by atoms with Gasteiger partial charge in [0.05, 0.1) is 5.69 Å². The van der Waals surface area contributed by atoms with Crippen molar-refractivity contribution in [2.75, 3.05) is 26.7 Å². The molecule has 2 heterocycles. The van der Waals surface area contributed by atoms with Gasteiger partial charge in [0, 0.05) is 24.8 Å². The minimum Gasteiger partial charge on any atom is -0.312 e. The number of aryl methyl sites for hydroxylation is 2. The lowest BCUT2D eigenvalue weighted by Gasteiger charge is -2.29. The zero-order chi connectivity index (χ0) is 13.1. The van der Waals surface area contributed by atoms with E-state index in [1.165, 1.54) is 37.2 Å². The molecule has 0 radical (unpaired) electrons. The molecule has 0 amide bonds. The molecule has 1 aliphatic rings. The summed E-state index contributed by atoms with van der Waals surface area (Å²) in [6.07, 6.45) is 2.66. The molecule has 0 saturated carbocycles. The number of nitrogens with one attached hydrogen (secondary N) is 1. The van der Waals surface area contributed by atoms with Gasteiger partial charge in [-0.2, -0.15) is 5.10 Å². The number of piperidine rings is 1. The summed E-state index contributed by atoms with van der Waals surface area (Å²) in [5, 5.41) is 8.07. The Kier molecular flexibility index (Phi) is 4.40. The van der Waals surface area contributed by atoms with Crippen molar-refractivity contribution in [3.63, 3.8) is 0 Å². The van der Waals surface area contributed by atoms with Crippen LogP contribution in [0.15, 0.2) is 0 Å². The quantitative estimate of drug-likeness (QED) is 0.878. The van der Waals surface area contributed by atoms with Crippen molar-refractivity contribution in [3.05, 3.63) is 17.0 Å². The second-order valence-electron chi connectivity index (χ2n) is 5.65. The molecule has 1 aromatic rings. The summed E-state index contributed by atoms with van der Waals surface area (Å²) in [6, 6.07) is 0. The van der Waals surface area contributed by atoms with E-state index in [1.54, 1.807) is 0 Å². The van der Waals surface area contributed by atoms with E-state index in [9.17, 15) is 0 Å². The SMILES string of the molecule is Cc1nn(C)c(C)c1CNCC1CCN(C)CC1. The molecule has 0 bridgehead atoms. The summed E-state index contributed by atoms with van der Waals surface area (Å²) >= 11 is 0. The van der Waals surface area contributed by atoms with Gasteiger partial charge in [-0.1, -0.05) is 0 Å². The van der Waals surface area contributed by atoms with Crippen molar-refractivity contribution in [1.29, 1.82) is 0 Å². The van der Waals surface area contributed by atoms with Crippen LogP contribution in [-0.4, -0.2) is 41.4 Å². The first kappa shape index (κ1) is 13.6. The molecule has 0 atom stereocenters. The number of rotatable bonds is 4. The molecule has 0 spiro atoms. The van der Waals surface area contributed by atoms with Crippen LogP contribution < -0.4 is 5.32 Å². The summed E-state index contributed by atoms with van der Waals surface area (Å²) in [4.78, 5) is 2.42.